The number of benzene rings is 1. The van der Waals surface area contributed by atoms with E-state index in [0.29, 0.717) is 0 Å². The molecule has 1 aromatic carbocycles. The zero-order valence-electron chi connectivity index (χ0n) is 9.81. The lowest BCUT2D eigenvalue weighted by Crippen LogP contribution is -1.98. The van der Waals surface area contributed by atoms with Crippen molar-refractivity contribution in [3.63, 3.8) is 0 Å². The summed E-state index contributed by atoms with van der Waals surface area (Å²) in [5.74, 6) is -3.58. The van der Waals surface area contributed by atoms with Gasteiger partial charge in [0.1, 0.15) is 17.3 Å². The maximum atomic E-state index is 14.1. The van der Waals surface area contributed by atoms with Crippen LogP contribution in [0.4, 0.5) is 8.78 Å². The first-order valence-electron chi connectivity index (χ1n) is 5.20. The van der Waals surface area contributed by atoms with Crippen LogP contribution in [0.3, 0.4) is 0 Å². The van der Waals surface area contributed by atoms with Gasteiger partial charge in [0.25, 0.3) is 0 Å². The minimum absolute atomic E-state index is 0.0389. The number of nitrogens with zero attached hydrogens (tertiary/aromatic N) is 1. The lowest BCUT2D eigenvalue weighted by molar-refractivity contribution is 0.0652. The number of hydrogen-bond donors (Lipinski definition) is 1. The number of hydrogen-bond acceptors (Lipinski definition) is 4. The van der Waals surface area contributed by atoms with Gasteiger partial charge in [-0.3, -0.25) is 0 Å². The molecule has 1 N–H and O–H groups in total. The van der Waals surface area contributed by atoms with Crippen molar-refractivity contribution in [2.24, 2.45) is 0 Å². The van der Waals surface area contributed by atoms with Crippen LogP contribution in [-0.2, 0) is 11.3 Å². The van der Waals surface area contributed by atoms with Gasteiger partial charge in [-0.15, -0.1) is 0 Å². The van der Waals surface area contributed by atoms with Gasteiger partial charge in [-0.2, -0.15) is 0 Å². The maximum absolute atomic E-state index is 14.1. The second kappa shape index (κ2) is 5.15. The van der Waals surface area contributed by atoms with Gasteiger partial charge in [-0.1, -0.05) is 11.2 Å². The summed E-state index contributed by atoms with van der Waals surface area (Å²) < 4.78 is 37.0. The number of carbonyl (C=O) groups is 1. The Balaban J connectivity index is 2.53. The molecule has 7 heteroatoms. The lowest BCUT2D eigenvalue weighted by atomic mass is 10.1. The van der Waals surface area contributed by atoms with Crippen LogP contribution < -0.4 is 0 Å². The van der Waals surface area contributed by atoms with E-state index in [1.807, 2.05) is 0 Å². The summed E-state index contributed by atoms with van der Waals surface area (Å²) >= 11 is 0. The lowest BCUT2D eigenvalue weighted by Gasteiger charge is -2.06. The molecule has 2 aromatic rings. The summed E-state index contributed by atoms with van der Waals surface area (Å²) in [6, 6.07) is 3.26. The maximum Gasteiger partial charge on any atom is 0.374 e. The van der Waals surface area contributed by atoms with Crippen molar-refractivity contribution >= 4 is 5.97 Å². The van der Waals surface area contributed by atoms with E-state index in [0.717, 1.165) is 12.1 Å². The fourth-order valence-corrected chi connectivity index (χ4v) is 1.59. The van der Waals surface area contributed by atoms with Crippen molar-refractivity contribution in [3.8, 4) is 11.3 Å². The second-order valence-electron chi connectivity index (χ2n) is 3.71. The van der Waals surface area contributed by atoms with E-state index in [9.17, 15) is 13.6 Å². The van der Waals surface area contributed by atoms with Gasteiger partial charge < -0.3 is 14.4 Å². The van der Waals surface area contributed by atoms with Crippen LogP contribution in [0.5, 0.6) is 0 Å². The van der Waals surface area contributed by atoms with E-state index in [1.54, 1.807) is 0 Å². The molecule has 100 valence electrons. The van der Waals surface area contributed by atoms with Crippen LogP contribution in [0, 0.1) is 11.6 Å². The first-order valence-corrected chi connectivity index (χ1v) is 5.20. The minimum atomic E-state index is -1.37. The number of methoxy groups -OCH3 is 1. The molecule has 0 aliphatic carbocycles. The first kappa shape index (κ1) is 13.2. The highest BCUT2D eigenvalue weighted by Crippen LogP contribution is 2.28. The summed E-state index contributed by atoms with van der Waals surface area (Å²) in [5, 5.41) is 12.0. The van der Waals surface area contributed by atoms with Crippen LogP contribution >= 0.6 is 0 Å². The van der Waals surface area contributed by atoms with Crippen molar-refractivity contribution in [1.29, 1.82) is 0 Å². The predicted molar refractivity (Wildman–Crippen MR) is 59.5 cm³/mol. The van der Waals surface area contributed by atoms with Gasteiger partial charge in [-0.05, 0) is 6.07 Å². The Kier molecular flexibility index (Phi) is 3.57. The molecule has 1 heterocycles. The molecule has 0 radical (unpaired) electrons. The van der Waals surface area contributed by atoms with Gasteiger partial charge in [-0.25, -0.2) is 13.6 Å². The van der Waals surface area contributed by atoms with Crippen molar-refractivity contribution in [2.45, 2.75) is 6.61 Å². The standard InChI is InChI=1S/C12H9F2NO4/c1-18-5-6-2-3-7(13)10(11(6)14)8-4-9(12(16)17)19-15-8/h2-4H,5H2,1H3,(H,16,17). The molecule has 0 fully saturated rings. The number of halogens is 2. The largest absolute Gasteiger partial charge is 0.475 e. The predicted octanol–water partition coefficient (Wildman–Crippen LogP) is 2.46. The summed E-state index contributed by atoms with van der Waals surface area (Å²) in [6.07, 6.45) is 0. The zero-order valence-corrected chi connectivity index (χ0v) is 9.81. The Morgan fingerprint density at radius 2 is 2.21 bits per heavy atom. The van der Waals surface area contributed by atoms with E-state index in [2.05, 4.69) is 9.68 Å². The molecule has 0 atom stereocenters. The highest BCUT2D eigenvalue weighted by Gasteiger charge is 2.20. The van der Waals surface area contributed by atoms with Crippen LogP contribution in [0.15, 0.2) is 22.7 Å². The van der Waals surface area contributed by atoms with E-state index >= 15 is 0 Å². The summed E-state index contributed by atoms with van der Waals surface area (Å²) in [5.41, 5.74) is -0.519. The van der Waals surface area contributed by atoms with Gasteiger partial charge in [0.2, 0.25) is 5.76 Å². The number of rotatable bonds is 4. The average molecular weight is 269 g/mol. The fourth-order valence-electron chi connectivity index (χ4n) is 1.59. The highest BCUT2D eigenvalue weighted by atomic mass is 19.1. The quantitative estimate of drug-likeness (QED) is 0.923. The molecule has 19 heavy (non-hydrogen) atoms. The molecule has 2 rings (SSSR count). The molecule has 0 aliphatic heterocycles. The van der Waals surface area contributed by atoms with Gasteiger partial charge in [0.05, 0.1) is 12.2 Å². The van der Waals surface area contributed by atoms with E-state index in [1.165, 1.54) is 13.2 Å². The monoisotopic (exact) mass is 269 g/mol. The molecule has 5 nitrogen and oxygen atoms in total. The third-order valence-corrected chi connectivity index (χ3v) is 2.45. The zero-order chi connectivity index (χ0) is 14.0. The molecule has 0 saturated carbocycles. The molecular weight excluding hydrogens is 260 g/mol. The summed E-state index contributed by atoms with van der Waals surface area (Å²) in [6.45, 7) is -0.0389. The van der Waals surface area contributed by atoms with Gasteiger partial charge in [0.15, 0.2) is 0 Å². The molecular formula is C12H9F2NO4. The highest BCUT2D eigenvalue weighted by molar-refractivity contribution is 5.85. The number of aromatic nitrogens is 1. The first-order chi connectivity index (χ1) is 9.04. The topological polar surface area (TPSA) is 72.6 Å². The second-order valence-corrected chi connectivity index (χ2v) is 3.71. The molecule has 0 spiro atoms. The summed E-state index contributed by atoms with van der Waals surface area (Å²) in [7, 11) is 1.38. The Morgan fingerprint density at radius 1 is 1.47 bits per heavy atom. The molecule has 0 amide bonds. The molecule has 0 saturated heterocycles. The van der Waals surface area contributed by atoms with Crippen molar-refractivity contribution in [3.05, 3.63) is 41.2 Å². The third-order valence-electron chi connectivity index (χ3n) is 2.45. The Bertz CT molecular complexity index is 624. The Labute approximate surface area is 106 Å². The van der Waals surface area contributed by atoms with Crippen molar-refractivity contribution in [2.75, 3.05) is 7.11 Å². The van der Waals surface area contributed by atoms with Crippen LogP contribution in [0.1, 0.15) is 16.1 Å². The van der Waals surface area contributed by atoms with E-state index < -0.39 is 28.9 Å². The number of carboxylic acid groups (broad SMARTS) is 1. The number of carboxylic acids is 1. The number of aromatic carboxylic acids is 1. The van der Waals surface area contributed by atoms with Crippen LogP contribution in [-0.4, -0.2) is 23.3 Å². The molecule has 0 unspecified atom stereocenters. The minimum Gasteiger partial charge on any atom is -0.475 e. The summed E-state index contributed by atoms with van der Waals surface area (Å²) in [4.78, 5) is 10.6. The van der Waals surface area contributed by atoms with E-state index in [-0.39, 0.29) is 17.9 Å². The van der Waals surface area contributed by atoms with Crippen molar-refractivity contribution in [1.82, 2.24) is 5.16 Å². The van der Waals surface area contributed by atoms with E-state index in [4.69, 9.17) is 9.84 Å². The SMILES string of the molecule is COCc1ccc(F)c(-c2cc(C(=O)O)on2)c1F. The molecule has 0 bridgehead atoms. The van der Waals surface area contributed by atoms with Crippen LogP contribution in [0.25, 0.3) is 11.3 Å². The fraction of sp³-hybridized carbons (Fsp3) is 0.167. The third kappa shape index (κ3) is 2.45. The average Bonchev–Trinajstić information content (AvgIpc) is 2.83. The van der Waals surface area contributed by atoms with Crippen LogP contribution in [0.2, 0.25) is 0 Å². The Morgan fingerprint density at radius 3 is 2.79 bits per heavy atom. The molecule has 1 aromatic heterocycles. The van der Waals surface area contributed by atoms with Gasteiger partial charge >= 0.3 is 5.97 Å². The Hall–Kier alpha value is -2.28. The molecule has 0 aliphatic rings. The van der Waals surface area contributed by atoms with Gasteiger partial charge in [0, 0.05) is 18.7 Å². The normalized spacial score (nSPS) is 10.7. The number of ether oxygens (including phenoxy) is 1. The van der Waals surface area contributed by atoms with Crippen molar-refractivity contribution < 1.29 is 27.9 Å². The smallest absolute Gasteiger partial charge is 0.374 e.